The van der Waals surface area contributed by atoms with Crippen molar-refractivity contribution in [1.29, 1.82) is 0 Å². The van der Waals surface area contributed by atoms with Crippen LogP contribution in [0.1, 0.15) is 17.5 Å². The summed E-state index contributed by atoms with van der Waals surface area (Å²) in [6.45, 7) is 2.05. The maximum Gasteiger partial charge on any atom is 0.243 e. The molecule has 0 spiro atoms. The smallest absolute Gasteiger partial charge is 0.243 e. The lowest BCUT2D eigenvalue weighted by Gasteiger charge is -2.11. The Kier molecular flexibility index (Phi) is 7.46. The average molecular weight is 422 g/mol. The van der Waals surface area contributed by atoms with Crippen LogP contribution in [0, 0.1) is 6.92 Å². The molecule has 30 heavy (non-hydrogen) atoms. The van der Waals surface area contributed by atoms with Crippen molar-refractivity contribution in [3.05, 3.63) is 88.9 Å². The van der Waals surface area contributed by atoms with Crippen LogP contribution in [0.4, 0.5) is 17.1 Å². The first-order chi connectivity index (χ1) is 14.5. The molecule has 0 radical (unpaired) electrons. The third-order valence-corrected chi connectivity index (χ3v) is 4.79. The number of amides is 2. The highest BCUT2D eigenvalue weighted by molar-refractivity contribution is 6.30. The molecule has 2 amide bonds. The minimum atomic E-state index is -0.193. The fraction of sp³-hybridized carbons (Fsp3) is 0.167. The average Bonchev–Trinajstić information content (AvgIpc) is 2.74. The number of aryl methyl sites for hydroxylation is 2. The summed E-state index contributed by atoms with van der Waals surface area (Å²) in [6.07, 6.45) is 1.07. The predicted molar refractivity (Wildman–Crippen MR) is 123 cm³/mol. The van der Waals surface area contributed by atoms with Gasteiger partial charge in [-0.25, -0.2) is 0 Å². The van der Waals surface area contributed by atoms with E-state index in [-0.39, 0.29) is 18.4 Å². The number of benzene rings is 3. The van der Waals surface area contributed by atoms with Gasteiger partial charge in [0.15, 0.2) is 0 Å². The van der Waals surface area contributed by atoms with Gasteiger partial charge in [-0.05, 0) is 54.8 Å². The SMILES string of the molecule is Cc1ccc(Cl)cc1NCC(=O)Nc1cccc(NC(=O)CCc2ccccc2)c1. The molecule has 0 bridgehead atoms. The van der Waals surface area contributed by atoms with Gasteiger partial charge in [-0.1, -0.05) is 54.1 Å². The number of halogens is 1. The summed E-state index contributed by atoms with van der Waals surface area (Å²) in [6, 6.07) is 22.5. The number of rotatable bonds is 8. The first-order valence-corrected chi connectivity index (χ1v) is 10.1. The van der Waals surface area contributed by atoms with E-state index >= 15 is 0 Å². The van der Waals surface area contributed by atoms with E-state index < -0.39 is 0 Å². The van der Waals surface area contributed by atoms with Crippen LogP contribution in [0.15, 0.2) is 72.8 Å². The molecule has 0 heterocycles. The number of nitrogens with one attached hydrogen (secondary N) is 3. The van der Waals surface area contributed by atoms with Crippen molar-refractivity contribution in [2.45, 2.75) is 19.8 Å². The molecule has 0 fully saturated rings. The highest BCUT2D eigenvalue weighted by Gasteiger charge is 2.07. The molecule has 0 saturated carbocycles. The van der Waals surface area contributed by atoms with Crippen LogP contribution in [-0.2, 0) is 16.0 Å². The van der Waals surface area contributed by atoms with E-state index in [9.17, 15) is 9.59 Å². The Labute approximate surface area is 181 Å². The summed E-state index contributed by atoms with van der Waals surface area (Å²) >= 11 is 6.00. The Morgan fingerprint density at radius 3 is 2.27 bits per heavy atom. The van der Waals surface area contributed by atoms with E-state index in [1.807, 2.05) is 49.4 Å². The summed E-state index contributed by atoms with van der Waals surface area (Å²) < 4.78 is 0. The normalized spacial score (nSPS) is 10.3. The molecule has 0 saturated heterocycles. The van der Waals surface area contributed by atoms with Crippen molar-refractivity contribution in [1.82, 2.24) is 0 Å². The molecule has 3 aromatic rings. The van der Waals surface area contributed by atoms with Crippen molar-refractivity contribution in [3.8, 4) is 0 Å². The van der Waals surface area contributed by atoms with Gasteiger partial charge in [-0.3, -0.25) is 9.59 Å². The van der Waals surface area contributed by atoms with Gasteiger partial charge >= 0.3 is 0 Å². The molecule has 0 aliphatic rings. The van der Waals surface area contributed by atoms with Crippen molar-refractivity contribution in [3.63, 3.8) is 0 Å². The Morgan fingerprint density at radius 2 is 1.53 bits per heavy atom. The Bertz CT molecular complexity index is 1020. The molecule has 3 N–H and O–H groups in total. The molecule has 0 aromatic heterocycles. The molecule has 6 heteroatoms. The Hall–Kier alpha value is -3.31. The lowest BCUT2D eigenvalue weighted by atomic mass is 10.1. The summed E-state index contributed by atoms with van der Waals surface area (Å²) in [4.78, 5) is 24.5. The highest BCUT2D eigenvalue weighted by atomic mass is 35.5. The molecule has 0 aliphatic carbocycles. The van der Waals surface area contributed by atoms with Crippen LogP contribution in [-0.4, -0.2) is 18.4 Å². The van der Waals surface area contributed by atoms with Gasteiger partial charge < -0.3 is 16.0 Å². The van der Waals surface area contributed by atoms with Crippen molar-refractivity contribution < 1.29 is 9.59 Å². The Balaban J connectivity index is 1.50. The van der Waals surface area contributed by atoms with Crippen molar-refractivity contribution >= 4 is 40.5 Å². The fourth-order valence-corrected chi connectivity index (χ4v) is 3.14. The lowest BCUT2D eigenvalue weighted by Crippen LogP contribution is -2.22. The molecule has 0 aliphatic heterocycles. The monoisotopic (exact) mass is 421 g/mol. The number of carbonyl (C=O) groups is 2. The molecule has 0 unspecified atom stereocenters. The van der Waals surface area contributed by atoms with Gasteiger partial charge in [0.25, 0.3) is 0 Å². The number of carbonyl (C=O) groups excluding carboxylic acids is 2. The zero-order chi connectivity index (χ0) is 21.3. The summed E-state index contributed by atoms with van der Waals surface area (Å²) in [5, 5.41) is 9.41. The Morgan fingerprint density at radius 1 is 0.833 bits per heavy atom. The third-order valence-electron chi connectivity index (χ3n) is 4.55. The fourth-order valence-electron chi connectivity index (χ4n) is 2.97. The van der Waals surface area contributed by atoms with Gasteiger partial charge in [0, 0.05) is 28.5 Å². The molecular weight excluding hydrogens is 398 g/mol. The number of hydrogen-bond acceptors (Lipinski definition) is 3. The van der Waals surface area contributed by atoms with E-state index in [2.05, 4.69) is 16.0 Å². The maximum absolute atomic E-state index is 12.3. The number of anilines is 3. The van der Waals surface area contributed by atoms with E-state index in [1.165, 1.54) is 0 Å². The second-order valence-corrected chi connectivity index (χ2v) is 7.41. The second-order valence-electron chi connectivity index (χ2n) is 6.98. The van der Waals surface area contributed by atoms with Crippen LogP contribution < -0.4 is 16.0 Å². The first-order valence-electron chi connectivity index (χ1n) is 9.73. The minimum Gasteiger partial charge on any atom is -0.376 e. The molecule has 0 atom stereocenters. The van der Waals surface area contributed by atoms with E-state index in [0.29, 0.717) is 29.2 Å². The zero-order valence-electron chi connectivity index (χ0n) is 16.7. The topological polar surface area (TPSA) is 70.2 Å². The summed E-state index contributed by atoms with van der Waals surface area (Å²) in [7, 11) is 0. The van der Waals surface area contributed by atoms with Crippen molar-refractivity contribution in [2.24, 2.45) is 0 Å². The third kappa shape index (κ3) is 6.64. The quantitative estimate of drug-likeness (QED) is 0.464. The lowest BCUT2D eigenvalue weighted by molar-refractivity contribution is -0.116. The largest absolute Gasteiger partial charge is 0.376 e. The predicted octanol–water partition coefficient (Wildman–Crippen LogP) is 5.27. The maximum atomic E-state index is 12.3. The minimum absolute atomic E-state index is 0.0690. The number of hydrogen-bond donors (Lipinski definition) is 3. The van der Waals surface area contributed by atoms with Crippen molar-refractivity contribution in [2.75, 3.05) is 22.5 Å². The molecule has 3 aromatic carbocycles. The van der Waals surface area contributed by atoms with E-state index in [1.54, 1.807) is 30.3 Å². The molecule has 3 rings (SSSR count). The summed E-state index contributed by atoms with van der Waals surface area (Å²) in [5.41, 5.74) is 4.20. The van der Waals surface area contributed by atoms with Gasteiger partial charge in [0.05, 0.1) is 6.54 Å². The van der Waals surface area contributed by atoms with Gasteiger partial charge in [0.2, 0.25) is 11.8 Å². The van der Waals surface area contributed by atoms with Crippen LogP contribution in [0.2, 0.25) is 5.02 Å². The van der Waals surface area contributed by atoms with Crippen LogP contribution >= 0.6 is 11.6 Å². The van der Waals surface area contributed by atoms with Crippen LogP contribution in [0.5, 0.6) is 0 Å². The van der Waals surface area contributed by atoms with Gasteiger partial charge in [-0.2, -0.15) is 0 Å². The van der Waals surface area contributed by atoms with Gasteiger partial charge in [-0.15, -0.1) is 0 Å². The second kappa shape index (κ2) is 10.5. The molecule has 154 valence electrons. The molecular formula is C24H24ClN3O2. The first kappa shape index (κ1) is 21.4. The molecule has 5 nitrogen and oxygen atoms in total. The van der Waals surface area contributed by atoms with Crippen LogP contribution in [0.25, 0.3) is 0 Å². The van der Waals surface area contributed by atoms with E-state index in [4.69, 9.17) is 11.6 Å². The van der Waals surface area contributed by atoms with E-state index in [0.717, 1.165) is 16.8 Å². The highest BCUT2D eigenvalue weighted by Crippen LogP contribution is 2.20. The summed E-state index contributed by atoms with van der Waals surface area (Å²) in [5.74, 6) is -0.262. The standard InChI is InChI=1S/C24H24ClN3O2/c1-17-10-12-19(25)14-22(17)26-16-24(30)28-21-9-5-8-20(15-21)27-23(29)13-11-18-6-3-2-4-7-18/h2-10,12,14-15,26H,11,13,16H2,1H3,(H,27,29)(H,28,30). The zero-order valence-corrected chi connectivity index (χ0v) is 17.5. The van der Waals surface area contributed by atoms with Gasteiger partial charge in [0.1, 0.15) is 0 Å². The van der Waals surface area contributed by atoms with Crippen LogP contribution in [0.3, 0.4) is 0 Å².